The van der Waals surface area contributed by atoms with E-state index in [1.165, 1.54) is 11.3 Å². The fraction of sp³-hybridized carbons (Fsp3) is 0.148. The number of halogens is 2. The van der Waals surface area contributed by atoms with Crippen LogP contribution in [0.3, 0.4) is 0 Å². The Labute approximate surface area is 224 Å². The number of carbonyl (C=O) groups excluding carboxylic acids is 1. The van der Waals surface area contributed by atoms with Gasteiger partial charge in [0, 0.05) is 21.1 Å². The number of carbonyl (C=O) groups is 1. The molecule has 0 bridgehead atoms. The normalized spacial score (nSPS) is 15.6. The zero-order valence-corrected chi connectivity index (χ0v) is 22.5. The van der Waals surface area contributed by atoms with Gasteiger partial charge in [0.1, 0.15) is 11.5 Å². The van der Waals surface area contributed by atoms with E-state index in [1.807, 2.05) is 48.5 Å². The second-order valence-electron chi connectivity index (χ2n) is 8.07. The Hall–Kier alpha value is -3.20. The summed E-state index contributed by atoms with van der Waals surface area (Å²) < 4.78 is 14.2. The molecule has 2 aromatic carbocycles. The molecular formula is C27H20BrClN2O4S. The number of allylic oxidation sites excluding steroid dienone is 1. The molecule has 0 N–H and O–H groups in total. The number of hydrogen-bond donors (Lipinski definition) is 0. The molecule has 0 saturated heterocycles. The van der Waals surface area contributed by atoms with Gasteiger partial charge in [-0.25, -0.2) is 9.79 Å². The zero-order valence-electron chi connectivity index (χ0n) is 19.3. The first-order chi connectivity index (χ1) is 17.4. The topological polar surface area (TPSA) is 73.8 Å². The van der Waals surface area contributed by atoms with Gasteiger partial charge in [-0.15, -0.1) is 0 Å². The van der Waals surface area contributed by atoms with E-state index >= 15 is 0 Å². The van der Waals surface area contributed by atoms with Gasteiger partial charge in [0.15, 0.2) is 4.80 Å². The van der Waals surface area contributed by atoms with Gasteiger partial charge in [0.25, 0.3) is 5.56 Å². The third-order valence-corrected chi connectivity index (χ3v) is 7.46. The van der Waals surface area contributed by atoms with Gasteiger partial charge >= 0.3 is 5.97 Å². The minimum absolute atomic E-state index is 0.223. The molecule has 0 amide bonds. The molecule has 1 aliphatic heterocycles. The lowest BCUT2D eigenvalue weighted by Gasteiger charge is -2.24. The number of ether oxygens (including phenoxy) is 1. The number of benzene rings is 2. The third kappa shape index (κ3) is 4.64. The van der Waals surface area contributed by atoms with Crippen molar-refractivity contribution in [2.75, 3.05) is 6.61 Å². The quantitative estimate of drug-likeness (QED) is 0.292. The highest BCUT2D eigenvalue weighted by Crippen LogP contribution is 2.31. The SMILES string of the molecule is CCOC(=O)C1=C(C)N=c2s/c(=C\c3ccc(-c4cccc(Cl)c4)o3)c(=O)n2[C@@H]1c1ccc(Br)cc1. The summed E-state index contributed by atoms with van der Waals surface area (Å²) in [6, 6.07) is 17.9. The number of thiazole rings is 1. The highest BCUT2D eigenvalue weighted by molar-refractivity contribution is 9.10. The smallest absolute Gasteiger partial charge is 0.338 e. The summed E-state index contributed by atoms with van der Waals surface area (Å²) in [4.78, 5) is 31.7. The molecule has 4 aromatic rings. The summed E-state index contributed by atoms with van der Waals surface area (Å²) in [6.45, 7) is 3.73. The average molecular weight is 584 g/mol. The summed E-state index contributed by atoms with van der Waals surface area (Å²) in [5.41, 5.74) is 2.23. The molecule has 2 aromatic heterocycles. The first-order valence-electron chi connectivity index (χ1n) is 11.2. The predicted octanol–water partition coefficient (Wildman–Crippen LogP) is 5.47. The standard InChI is InChI=1S/C27H20BrClN2O4S/c1-3-34-26(33)23-15(2)30-27-31(24(23)16-7-9-18(28)10-8-16)25(32)22(36-27)14-20-11-12-21(35-20)17-5-4-6-19(29)13-17/h4-14,24H,3H2,1-2H3/b22-14-/t24-/m1/s1. The summed E-state index contributed by atoms with van der Waals surface area (Å²) in [5.74, 6) is 0.680. The van der Waals surface area contributed by atoms with Gasteiger partial charge < -0.3 is 9.15 Å². The van der Waals surface area contributed by atoms with E-state index in [-0.39, 0.29) is 12.2 Å². The number of nitrogens with zero attached hydrogens (tertiary/aromatic N) is 2. The largest absolute Gasteiger partial charge is 0.463 e. The maximum atomic E-state index is 13.7. The summed E-state index contributed by atoms with van der Waals surface area (Å²) in [7, 11) is 0. The molecular weight excluding hydrogens is 564 g/mol. The van der Waals surface area contributed by atoms with Crippen LogP contribution in [0.1, 0.15) is 31.2 Å². The van der Waals surface area contributed by atoms with Crippen LogP contribution >= 0.6 is 38.9 Å². The van der Waals surface area contributed by atoms with Gasteiger partial charge in [-0.1, -0.05) is 63.1 Å². The number of hydrogen-bond acceptors (Lipinski definition) is 6. The molecule has 36 heavy (non-hydrogen) atoms. The molecule has 0 aliphatic carbocycles. The molecule has 0 unspecified atom stereocenters. The maximum Gasteiger partial charge on any atom is 0.338 e. The van der Waals surface area contributed by atoms with Crippen LogP contribution in [0, 0.1) is 0 Å². The van der Waals surface area contributed by atoms with Crippen LogP contribution in [0.5, 0.6) is 0 Å². The van der Waals surface area contributed by atoms with Gasteiger partial charge in [-0.05, 0) is 55.8 Å². The molecule has 0 radical (unpaired) electrons. The number of fused-ring (bicyclic) bond motifs is 1. The van der Waals surface area contributed by atoms with Crippen molar-refractivity contribution in [3.05, 3.63) is 112 Å². The third-order valence-electron chi connectivity index (χ3n) is 5.71. The van der Waals surface area contributed by atoms with E-state index in [4.69, 9.17) is 20.8 Å². The lowest BCUT2D eigenvalue weighted by Crippen LogP contribution is -2.39. The van der Waals surface area contributed by atoms with Crippen molar-refractivity contribution in [2.24, 2.45) is 4.99 Å². The molecule has 9 heteroatoms. The molecule has 6 nitrogen and oxygen atoms in total. The Morgan fingerprint density at radius 3 is 2.72 bits per heavy atom. The Bertz CT molecular complexity index is 1680. The van der Waals surface area contributed by atoms with Gasteiger partial charge in [-0.2, -0.15) is 0 Å². The van der Waals surface area contributed by atoms with Crippen LogP contribution in [0.2, 0.25) is 5.02 Å². The lowest BCUT2D eigenvalue weighted by molar-refractivity contribution is -0.139. The van der Waals surface area contributed by atoms with Crippen LogP contribution in [0.4, 0.5) is 0 Å². The van der Waals surface area contributed by atoms with Crippen LogP contribution in [-0.2, 0) is 9.53 Å². The Balaban J connectivity index is 1.64. The highest BCUT2D eigenvalue weighted by Gasteiger charge is 2.33. The van der Waals surface area contributed by atoms with E-state index in [1.54, 1.807) is 36.6 Å². The number of rotatable bonds is 5. The molecule has 3 heterocycles. The first kappa shape index (κ1) is 24.5. The minimum Gasteiger partial charge on any atom is -0.463 e. The second kappa shape index (κ2) is 10.0. The van der Waals surface area contributed by atoms with E-state index in [0.717, 1.165) is 15.6 Å². The van der Waals surface area contributed by atoms with E-state index in [0.29, 0.717) is 37.1 Å². The van der Waals surface area contributed by atoms with Crippen molar-refractivity contribution in [3.8, 4) is 11.3 Å². The summed E-state index contributed by atoms with van der Waals surface area (Å²) >= 11 is 10.8. The van der Waals surface area contributed by atoms with Gasteiger partial charge in [-0.3, -0.25) is 9.36 Å². The Morgan fingerprint density at radius 1 is 1.22 bits per heavy atom. The summed E-state index contributed by atoms with van der Waals surface area (Å²) in [5, 5.41) is 0.611. The fourth-order valence-electron chi connectivity index (χ4n) is 4.11. The van der Waals surface area contributed by atoms with Crippen LogP contribution in [0.25, 0.3) is 17.4 Å². The van der Waals surface area contributed by atoms with E-state index in [2.05, 4.69) is 20.9 Å². The van der Waals surface area contributed by atoms with Crippen molar-refractivity contribution in [1.29, 1.82) is 0 Å². The van der Waals surface area contributed by atoms with E-state index < -0.39 is 12.0 Å². The van der Waals surface area contributed by atoms with E-state index in [9.17, 15) is 9.59 Å². The van der Waals surface area contributed by atoms with Gasteiger partial charge in [0.2, 0.25) is 0 Å². The van der Waals surface area contributed by atoms with Crippen LogP contribution in [-0.4, -0.2) is 17.1 Å². The fourth-order valence-corrected chi connectivity index (χ4v) is 5.59. The first-order valence-corrected chi connectivity index (χ1v) is 13.2. The molecule has 182 valence electrons. The Kier molecular flexibility index (Phi) is 6.83. The van der Waals surface area contributed by atoms with Crippen molar-refractivity contribution >= 4 is 50.9 Å². The highest BCUT2D eigenvalue weighted by atomic mass is 79.9. The molecule has 1 atom stereocenters. The van der Waals surface area contributed by atoms with Crippen LogP contribution in [0.15, 0.2) is 90.6 Å². The van der Waals surface area contributed by atoms with Crippen molar-refractivity contribution in [1.82, 2.24) is 4.57 Å². The second-order valence-corrected chi connectivity index (χ2v) is 10.4. The molecule has 1 aliphatic rings. The zero-order chi connectivity index (χ0) is 25.4. The predicted molar refractivity (Wildman–Crippen MR) is 144 cm³/mol. The van der Waals surface area contributed by atoms with Crippen LogP contribution < -0.4 is 14.9 Å². The maximum absolute atomic E-state index is 13.7. The van der Waals surface area contributed by atoms with Crippen molar-refractivity contribution in [3.63, 3.8) is 0 Å². The number of furan rings is 1. The molecule has 0 fully saturated rings. The average Bonchev–Trinajstić information content (AvgIpc) is 3.43. The van der Waals surface area contributed by atoms with Crippen molar-refractivity contribution < 1.29 is 13.9 Å². The number of aromatic nitrogens is 1. The molecule has 0 saturated carbocycles. The molecule has 5 rings (SSSR count). The van der Waals surface area contributed by atoms with Crippen molar-refractivity contribution in [2.45, 2.75) is 19.9 Å². The minimum atomic E-state index is -0.658. The lowest BCUT2D eigenvalue weighted by atomic mass is 9.96. The number of esters is 1. The Morgan fingerprint density at radius 2 is 2.00 bits per heavy atom. The molecule has 0 spiro atoms. The summed E-state index contributed by atoms with van der Waals surface area (Å²) in [6.07, 6.45) is 1.69. The monoisotopic (exact) mass is 582 g/mol. The van der Waals surface area contributed by atoms with Gasteiger partial charge in [0.05, 0.1) is 28.5 Å².